The van der Waals surface area contributed by atoms with Gasteiger partial charge in [-0.2, -0.15) is 0 Å². The van der Waals surface area contributed by atoms with Crippen LogP contribution in [-0.4, -0.2) is 31.6 Å². The maximum Gasteiger partial charge on any atom is 0.258 e. The molecule has 0 radical (unpaired) electrons. The number of piperidine rings is 1. The van der Waals surface area contributed by atoms with Crippen LogP contribution in [0.2, 0.25) is 0 Å². The van der Waals surface area contributed by atoms with E-state index < -0.39 is 0 Å². The number of nitrogens with one attached hydrogen (secondary N) is 2. The number of hydrogen-bond acceptors (Lipinski definition) is 3. The van der Waals surface area contributed by atoms with Crippen molar-refractivity contribution in [3.05, 3.63) is 40.9 Å². The molecule has 2 aromatic carbocycles. The van der Waals surface area contributed by atoms with Crippen LogP contribution in [0.1, 0.15) is 13.3 Å². The molecule has 5 heteroatoms. The number of benzene rings is 2. The lowest BCUT2D eigenvalue weighted by Crippen LogP contribution is -2.49. The number of amides is 1. The molecular formula is C18H21BrN2O2. The molecule has 4 nitrogen and oxygen atoms in total. The largest absolute Gasteiger partial charge is 0.484 e. The van der Waals surface area contributed by atoms with Gasteiger partial charge in [0.05, 0.1) is 0 Å². The summed E-state index contributed by atoms with van der Waals surface area (Å²) in [6.07, 6.45) is 0.970. The van der Waals surface area contributed by atoms with E-state index in [1.807, 2.05) is 30.3 Å². The van der Waals surface area contributed by atoms with Gasteiger partial charge in [0, 0.05) is 10.5 Å². The monoisotopic (exact) mass is 376 g/mol. The minimum atomic E-state index is -0.0559. The summed E-state index contributed by atoms with van der Waals surface area (Å²) in [5, 5.41) is 8.64. The quantitative estimate of drug-likeness (QED) is 0.861. The van der Waals surface area contributed by atoms with Crippen LogP contribution in [-0.2, 0) is 4.79 Å². The lowest BCUT2D eigenvalue weighted by molar-refractivity contribution is -0.124. The average Bonchev–Trinajstić information content (AvgIpc) is 2.55. The smallest absolute Gasteiger partial charge is 0.258 e. The maximum absolute atomic E-state index is 12.1. The van der Waals surface area contributed by atoms with E-state index in [0.717, 1.165) is 34.8 Å². The summed E-state index contributed by atoms with van der Waals surface area (Å²) >= 11 is 3.46. The molecule has 0 aliphatic carbocycles. The first-order chi connectivity index (χ1) is 11.1. The van der Waals surface area contributed by atoms with E-state index in [2.05, 4.69) is 39.6 Å². The van der Waals surface area contributed by atoms with Crippen LogP contribution in [0.4, 0.5) is 0 Å². The van der Waals surface area contributed by atoms with Gasteiger partial charge in [-0.3, -0.25) is 4.79 Å². The first-order valence-corrected chi connectivity index (χ1v) is 8.73. The standard InChI is InChI=1S/C18H21BrN2O2/c1-12-10-20-7-6-17(12)21-18(22)11-23-16-5-3-13-8-15(19)4-2-14(13)9-16/h2-5,8-9,12,17,20H,6-7,10-11H2,1H3,(H,21,22). The number of rotatable bonds is 4. The van der Waals surface area contributed by atoms with Crippen LogP contribution >= 0.6 is 15.9 Å². The SMILES string of the molecule is CC1CNCCC1NC(=O)COc1ccc2cc(Br)ccc2c1. The van der Waals surface area contributed by atoms with Crippen molar-refractivity contribution in [2.45, 2.75) is 19.4 Å². The van der Waals surface area contributed by atoms with Crippen molar-refractivity contribution in [3.63, 3.8) is 0 Å². The van der Waals surface area contributed by atoms with Gasteiger partial charge in [-0.25, -0.2) is 0 Å². The normalized spacial score (nSPS) is 21.1. The molecule has 122 valence electrons. The van der Waals surface area contributed by atoms with Gasteiger partial charge in [-0.05, 0) is 60.5 Å². The van der Waals surface area contributed by atoms with Crippen LogP contribution in [0.25, 0.3) is 10.8 Å². The predicted molar refractivity (Wildman–Crippen MR) is 95.7 cm³/mol. The van der Waals surface area contributed by atoms with Crippen LogP contribution in [0.3, 0.4) is 0 Å². The highest BCUT2D eigenvalue weighted by Crippen LogP contribution is 2.24. The second kappa shape index (κ2) is 7.32. The molecule has 1 aliphatic rings. The first-order valence-electron chi connectivity index (χ1n) is 7.94. The fourth-order valence-electron chi connectivity index (χ4n) is 2.91. The molecule has 1 amide bonds. The van der Waals surface area contributed by atoms with E-state index in [9.17, 15) is 4.79 Å². The fraction of sp³-hybridized carbons (Fsp3) is 0.389. The minimum absolute atomic E-state index is 0.0542. The summed E-state index contributed by atoms with van der Waals surface area (Å²) in [6.45, 7) is 4.11. The van der Waals surface area contributed by atoms with Crippen molar-refractivity contribution in [2.75, 3.05) is 19.7 Å². The Morgan fingerprint density at radius 3 is 2.91 bits per heavy atom. The highest BCUT2D eigenvalue weighted by atomic mass is 79.9. The maximum atomic E-state index is 12.1. The van der Waals surface area contributed by atoms with Crippen LogP contribution < -0.4 is 15.4 Å². The second-order valence-electron chi connectivity index (χ2n) is 6.09. The minimum Gasteiger partial charge on any atom is -0.484 e. The van der Waals surface area contributed by atoms with Gasteiger partial charge in [-0.15, -0.1) is 0 Å². The second-order valence-corrected chi connectivity index (χ2v) is 7.00. The van der Waals surface area contributed by atoms with Crippen molar-refractivity contribution in [3.8, 4) is 5.75 Å². The van der Waals surface area contributed by atoms with Gasteiger partial charge in [0.25, 0.3) is 5.91 Å². The van der Waals surface area contributed by atoms with Crippen molar-refractivity contribution >= 4 is 32.6 Å². The summed E-state index contributed by atoms with van der Waals surface area (Å²) < 4.78 is 6.69. The molecule has 2 atom stereocenters. The molecule has 1 aliphatic heterocycles. The number of carbonyl (C=O) groups is 1. The summed E-state index contributed by atoms with van der Waals surface area (Å²) in [6, 6.07) is 12.2. The zero-order valence-electron chi connectivity index (χ0n) is 13.1. The molecule has 3 rings (SSSR count). The van der Waals surface area contributed by atoms with Gasteiger partial charge in [0.2, 0.25) is 0 Å². The number of ether oxygens (including phenoxy) is 1. The third-order valence-corrected chi connectivity index (χ3v) is 4.77. The summed E-state index contributed by atoms with van der Waals surface area (Å²) in [5.74, 6) is 1.11. The molecule has 2 aromatic rings. The van der Waals surface area contributed by atoms with Crippen LogP contribution in [0.15, 0.2) is 40.9 Å². The Balaban J connectivity index is 1.57. The van der Waals surface area contributed by atoms with E-state index in [1.165, 1.54) is 0 Å². The van der Waals surface area contributed by atoms with E-state index in [1.54, 1.807) is 0 Å². The van der Waals surface area contributed by atoms with Gasteiger partial charge in [0.1, 0.15) is 5.75 Å². The first kappa shape index (κ1) is 16.3. The van der Waals surface area contributed by atoms with E-state index >= 15 is 0 Å². The highest BCUT2D eigenvalue weighted by Gasteiger charge is 2.22. The third-order valence-electron chi connectivity index (χ3n) is 4.28. The fourth-order valence-corrected chi connectivity index (χ4v) is 3.29. The summed E-state index contributed by atoms with van der Waals surface area (Å²) in [4.78, 5) is 12.1. The molecule has 0 bridgehead atoms. The number of fused-ring (bicyclic) bond motifs is 1. The zero-order valence-corrected chi connectivity index (χ0v) is 14.7. The van der Waals surface area contributed by atoms with Crippen molar-refractivity contribution in [2.24, 2.45) is 5.92 Å². The predicted octanol–water partition coefficient (Wildman–Crippen LogP) is 3.10. The molecule has 1 fully saturated rings. The summed E-state index contributed by atoms with van der Waals surface area (Å²) in [7, 11) is 0. The summed E-state index contributed by atoms with van der Waals surface area (Å²) in [5.41, 5.74) is 0. The van der Waals surface area contributed by atoms with E-state index in [0.29, 0.717) is 11.7 Å². The van der Waals surface area contributed by atoms with Crippen LogP contribution in [0, 0.1) is 5.92 Å². The molecule has 0 saturated carbocycles. The van der Waals surface area contributed by atoms with Crippen molar-refractivity contribution < 1.29 is 9.53 Å². The van der Waals surface area contributed by atoms with Crippen LogP contribution in [0.5, 0.6) is 5.75 Å². The Hall–Kier alpha value is -1.59. The Labute approximate surface area is 144 Å². The molecular weight excluding hydrogens is 356 g/mol. The lowest BCUT2D eigenvalue weighted by Gasteiger charge is -2.30. The Morgan fingerprint density at radius 1 is 1.30 bits per heavy atom. The topological polar surface area (TPSA) is 50.4 Å². The number of carbonyl (C=O) groups excluding carboxylic acids is 1. The lowest BCUT2D eigenvalue weighted by atomic mass is 9.95. The van der Waals surface area contributed by atoms with E-state index in [4.69, 9.17) is 4.74 Å². The number of halogens is 1. The molecule has 0 aromatic heterocycles. The molecule has 2 N–H and O–H groups in total. The molecule has 2 unspecified atom stereocenters. The van der Waals surface area contributed by atoms with Gasteiger partial charge < -0.3 is 15.4 Å². The van der Waals surface area contributed by atoms with Crippen molar-refractivity contribution in [1.82, 2.24) is 10.6 Å². The zero-order chi connectivity index (χ0) is 16.2. The Morgan fingerprint density at radius 2 is 2.09 bits per heavy atom. The third kappa shape index (κ3) is 4.24. The molecule has 1 saturated heterocycles. The van der Waals surface area contributed by atoms with E-state index in [-0.39, 0.29) is 18.6 Å². The van der Waals surface area contributed by atoms with Crippen molar-refractivity contribution in [1.29, 1.82) is 0 Å². The molecule has 0 spiro atoms. The average molecular weight is 377 g/mol. The van der Waals surface area contributed by atoms with Gasteiger partial charge in [0.15, 0.2) is 6.61 Å². The number of hydrogen-bond donors (Lipinski definition) is 2. The highest BCUT2D eigenvalue weighted by molar-refractivity contribution is 9.10. The molecule has 23 heavy (non-hydrogen) atoms. The molecule has 1 heterocycles. The van der Waals surface area contributed by atoms with Gasteiger partial charge >= 0.3 is 0 Å². The van der Waals surface area contributed by atoms with Gasteiger partial charge in [-0.1, -0.05) is 35.0 Å². The Bertz CT molecular complexity index is 704. The Kier molecular flexibility index (Phi) is 5.18.